The maximum absolute atomic E-state index is 11.2. The summed E-state index contributed by atoms with van der Waals surface area (Å²) in [6, 6.07) is 8.14. The predicted molar refractivity (Wildman–Crippen MR) is 70.0 cm³/mol. The first kappa shape index (κ1) is 12.4. The molecule has 1 aliphatic heterocycles. The van der Waals surface area contributed by atoms with Crippen LogP contribution < -0.4 is 10.6 Å². The van der Waals surface area contributed by atoms with Crippen LogP contribution >= 0.6 is 0 Å². The minimum absolute atomic E-state index is 0.0875. The van der Waals surface area contributed by atoms with E-state index in [1.807, 2.05) is 18.2 Å². The highest BCUT2D eigenvalue weighted by Gasteiger charge is 2.22. The van der Waals surface area contributed by atoms with Gasteiger partial charge in [0.2, 0.25) is 0 Å². The van der Waals surface area contributed by atoms with Crippen LogP contribution in [-0.4, -0.2) is 39.6 Å². The number of rotatable bonds is 3. The number of hydrogen-bond donors (Lipinski definition) is 1. The molecule has 4 nitrogen and oxygen atoms in total. The number of fused-ring (bicyclic) bond motifs is 1. The summed E-state index contributed by atoms with van der Waals surface area (Å²) in [5, 5.41) is 0. The van der Waals surface area contributed by atoms with Crippen molar-refractivity contribution >= 4 is 15.5 Å². The molecule has 5 heteroatoms. The van der Waals surface area contributed by atoms with Gasteiger partial charge in [-0.3, -0.25) is 0 Å². The highest BCUT2D eigenvalue weighted by molar-refractivity contribution is 7.90. The Kier molecular flexibility index (Phi) is 3.40. The molecule has 1 aromatic rings. The third-order valence-corrected chi connectivity index (χ3v) is 3.93. The normalized spacial score (nSPS) is 20.1. The molecule has 0 amide bonds. The zero-order valence-corrected chi connectivity index (χ0v) is 10.8. The average molecular weight is 254 g/mol. The van der Waals surface area contributed by atoms with Crippen LogP contribution in [0.3, 0.4) is 0 Å². The van der Waals surface area contributed by atoms with Gasteiger partial charge in [-0.2, -0.15) is 0 Å². The molecular weight excluding hydrogens is 236 g/mol. The van der Waals surface area contributed by atoms with Crippen molar-refractivity contribution in [1.29, 1.82) is 0 Å². The van der Waals surface area contributed by atoms with Gasteiger partial charge in [-0.15, -0.1) is 0 Å². The third-order valence-electron chi connectivity index (χ3n) is 3.00. The molecule has 0 radical (unpaired) electrons. The number of para-hydroxylation sites is 1. The van der Waals surface area contributed by atoms with Gasteiger partial charge in [0.05, 0.1) is 5.75 Å². The molecule has 1 heterocycles. The molecular formula is C12H18N2O2S. The van der Waals surface area contributed by atoms with Crippen LogP contribution in [-0.2, 0) is 16.3 Å². The third kappa shape index (κ3) is 3.20. The number of anilines is 1. The molecule has 0 spiro atoms. The summed E-state index contributed by atoms with van der Waals surface area (Å²) in [5.41, 5.74) is 8.32. The zero-order valence-electron chi connectivity index (χ0n) is 9.96. The fourth-order valence-electron chi connectivity index (χ4n) is 2.21. The van der Waals surface area contributed by atoms with E-state index >= 15 is 0 Å². The first-order chi connectivity index (χ1) is 7.96. The van der Waals surface area contributed by atoms with Crippen LogP contribution in [0.5, 0.6) is 0 Å². The van der Waals surface area contributed by atoms with Gasteiger partial charge in [-0.05, 0) is 18.1 Å². The van der Waals surface area contributed by atoms with E-state index in [2.05, 4.69) is 11.0 Å². The Morgan fingerprint density at radius 2 is 2.12 bits per heavy atom. The Labute approximate surface area is 102 Å². The van der Waals surface area contributed by atoms with Crippen molar-refractivity contribution in [2.45, 2.75) is 12.5 Å². The number of benzene rings is 1. The van der Waals surface area contributed by atoms with E-state index in [1.54, 1.807) is 0 Å². The first-order valence-electron chi connectivity index (χ1n) is 5.72. The van der Waals surface area contributed by atoms with Gasteiger partial charge in [-0.25, -0.2) is 8.42 Å². The lowest BCUT2D eigenvalue weighted by atomic mass is 9.99. The Hall–Kier alpha value is -1.07. The minimum atomic E-state index is -2.93. The fourth-order valence-corrected chi connectivity index (χ4v) is 2.76. The van der Waals surface area contributed by atoms with E-state index in [9.17, 15) is 8.42 Å². The second-order valence-corrected chi connectivity index (χ2v) is 6.93. The lowest BCUT2D eigenvalue weighted by molar-refractivity contribution is 0.588. The Morgan fingerprint density at radius 3 is 2.82 bits per heavy atom. The Balaban J connectivity index is 2.18. The molecule has 0 fully saturated rings. The van der Waals surface area contributed by atoms with Gasteiger partial charge in [0, 0.05) is 31.1 Å². The highest BCUT2D eigenvalue weighted by atomic mass is 32.2. The molecule has 1 unspecified atom stereocenters. The Bertz CT molecular complexity index is 499. The molecule has 1 aliphatic rings. The molecule has 0 bridgehead atoms. The van der Waals surface area contributed by atoms with Crippen molar-refractivity contribution in [3.05, 3.63) is 29.8 Å². The number of nitrogens with zero attached hydrogens (tertiary/aromatic N) is 1. The number of sulfone groups is 1. The summed E-state index contributed by atoms with van der Waals surface area (Å²) >= 11 is 0. The standard InChI is InChI=1S/C12H18N2O2S/c1-17(15,16)7-6-14-9-11(13)8-10-4-2-3-5-12(10)14/h2-5,11H,6-9,13H2,1H3. The van der Waals surface area contributed by atoms with Gasteiger partial charge < -0.3 is 10.6 Å². The van der Waals surface area contributed by atoms with Gasteiger partial charge in [0.15, 0.2) is 0 Å². The van der Waals surface area contributed by atoms with Gasteiger partial charge in [-0.1, -0.05) is 18.2 Å². The van der Waals surface area contributed by atoms with Gasteiger partial charge >= 0.3 is 0 Å². The number of nitrogens with two attached hydrogens (primary N) is 1. The van der Waals surface area contributed by atoms with E-state index in [4.69, 9.17) is 5.73 Å². The highest BCUT2D eigenvalue weighted by Crippen LogP contribution is 2.25. The second kappa shape index (κ2) is 4.66. The van der Waals surface area contributed by atoms with E-state index in [1.165, 1.54) is 11.8 Å². The lowest BCUT2D eigenvalue weighted by Crippen LogP contribution is -2.44. The summed E-state index contributed by atoms with van der Waals surface area (Å²) in [7, 11) is -2.93. The predicted octanol–water partition coefficient (Wildman–Crippen LogP) is 0.421. The number of hydrogen-bond acceptors (Lipinski definition) is 4. The lowest BCUT2D eigenvalue weighted by Gasteiger charge is -2.34. The fraction of sp³-hybridized carbons (Fsp3) is 0.500. The summed E-state index contributed by atoms with van der Waals surface area (Å²) < 4.78 is 22.4. The van der Waals surface area contributed by atoms with Crippen LogP contribution in [0.4, 0.5) is 5.69 Å². The van der Waals surface area contributed by atoms with Crippen LogP contribution in [0, 0.1) is 0 Å². The maximum atomic E-state index is 11.2. The molecule has 0 saturated heterocycles. The van der Waals surface area contributed by atoms with Crippen molar-refractivity contribution in [3.8, 4) is 0 Å². The summed E-state index contributed by atoms with van der Waals surface area (Å²) in [6.45, 7) is 1.25. The summed E-state index contributed by atoms with van der Waals surface area (Å²) in [6.07, 6.45) is 2.13. The molecule has 2 N–H and O–H groups in total. The monoisotopic (exact) mass is 254 g/mol. The van der Waals surface area contributed by atoms with Crippen LogP contribution in [0.15, 0.2) is 24.3 Å². The van der Waals surface area contributed by atoms with Crippen LogP contribution in [0.1, 0.15) is 5.56 Å². The topological polar surface area (TPSA) is 63.4 Å². The first-order valence-corrected chi connectivity index (χ1v) is 7.78. The van der Waals surface area contributed by atoms with E-state index < -0.39 is 9.84 Å². The van der Waals surface area contributed by atoms with E-state index in [-0.39, 0.29) is 11.8 Å². The van der Waals surface area contributed by atoms with Crippen molar-refractivity contribution in [1.82, 2.24) is 0 Å². The van der Waals surface area contributed by atoms with Crippen LogP contribution in [0.25, 0.3) is 0 Å². The largest absolute Gasteiger partial charge is 0.369 e. The molecule has 94 valence electrons. The summed E-state index contributed by atoms with van der Waals surface area (Å²) in [4.78, 5) is 2.07. The van der Waals surface area contributed by atoms with Crippen LogP contribution in [0.2, 0.25) is 0 Å². The minimum Gasteiger partial charge on any atom is -0.369 e. The average Bonchev–Trinajstić information content (AvgIpc) is 2.24. The Morgan fingerprint density at radius 1 is 1.41 bits per heavy atom. The zero-order chi connectivity index (χ0) is 12.5. The molecule has 0 aromatic heterocycles. The SMILES string of the molecule is CS(=O)(=O)CCN1CC(N)Cc2ccccc21. The molecule has 1 aromatic carbocycles. The quantitative estimate of drug-likeness (QED) is 0.849. The van der Waals surface area contributed by atoms with Gasteiger partial charge in [0.1, 0.15) is 9.84 Å². The molecule has 1 atom stereocenters. The molecule has 17 heavy (non-hydrogen) atoms. The second-order valence-electron chi connectivity index (χ2n) is 4.67. The molecule has 2 rings (SSSR count). The molecule has 0 saturated carbocycles. The van der Waals surface area contributed by atoms with E-state index in [0.717, 1.165) is 18.7 Å². The van der Waals surface area contributed by atoms with Crippen molar-refractivity contribution < 1.29 is 8.42 Å². The maximum Gasteiger partial charge on any atom is 0.149 e. The van der Waals surface area contributed by atoms with Crippen molar-refractivity contribution in [2.24, 2.45) is 5.73 Å². The van der Waals surface area contributed by atoms with Crippen molar-refractivity contribution in [2.75, 3.05) is 30.0 Å². The van der Waals surface area contributed by atoms with E-state index in [0.29, 0.717) is 6.54 Å². The van der Waals surface area contributed by atoms with Gasteiger partial charge in [0.25, 0.3) is 0 Å². The summed E-state index contributed by atoms with van der Waals surface area (Å²) in [5.74, 6) is 0.175. The smallest absolute Gasteiger partial charge is 0.149 e. The van der Waals surface area contributed by atoms with Crippen molar-refractivity contribution in [3.63, 3.8) is 0 Å². The molecule has 0 aliphatic carbocycles.